The summed E-state index contributed by atoms with van der Waals surface area (Å²) >= 11 is 0. The van der Waals surface area contributed by atoms with Gasteiger partial charge in [-0.15, -0.1) is 0 Å². The van der Waals surface area contributed by atoms with Gasteiger partial charge in [0.05, 0.1) is 25.0 Å². The first kappa shape index (κ1) is 13.9. The maximum atomic E-state index is 11.7. The molecule has 0 unspecified atom stereocenters. The van der Waals surface area contributed by atoms with Crippen molar-refractivity contribution in [1.29, 1.82) is 0 Å². The van der Waals surface area contributed by atoms with E-state index in [1.807, 2.05) is 18.2 Å². The van der Waals surface area contributed by atoms with Crippen molar-refractivity contribution in [2.75, 3.05) is 0 Å². The van der Waals surface area contributed by atoms with E-state index < -0.39 is 0 Å². The molecule has 0 bridgehead atoms. The van der Waals surface area contributed by atoms with Gasteiger partial charge in [-0.25, -0.2) is 0 Å². The predicted octanol–water partition coefficient (Wildman–Crippen LogP) is 0.897. The number of rotatable bonds is 4. The third kappa shape index (κ3) is 3.17. The van der Waals surface area contributed by atoms with Crippen molar-refractivity contribution in [2.24, 2.45) is 0 Å². The van der Waals surface area contributed by atoms with Crippen molar-refractivity contribution in [3.63, 3.8) is 0 Å². The van der Waals surface area contributed by atoms with Crippen LogP contribution < -0.4 is 11.1 Å². The first-order chi connectivity index (χ1) is 10.7. The second-order valence-electron chi connectivity index (χ2n) is 4.87. The summed E-state index contributed by atoms with van der Waals surface area (Å²) in [4.78, 5) is 31.4. The first-order valence-corrected chi connectivity index (χ1v) is 6.82. The van der Waals surface area contributed by atoms with Crippen LogP contribution in [0.3, 0.4) is 0 Å². The van der Waals surface area contributed by atoms with Crippen LogP contribution in [0.5, 0.6) is 0 Å². The standard InChI is InChI=1S/C16H14N4O2/c21-15-3-1-2-7-19(15)11-13-4-5-14(18-9-13)12-20-8-6-17-10-16(20)22/h1-10H,11-12H2. The Balaban J connectivity index is 1.76. The van der Waals surface area contributed by atoms with Gasteiger partial charge in [-0.1, -0.05) is 12.1 Å². The lowest BCUT2D eigenvalue weighted by atomic mass is 10.2. The quantitative estimate of drug-likeness (QED) is 0.717. The van der Waals surface area contributed by atoms with Crippen LogP contribution in [0, 0.1) is 0 Å². The highest BCUT2D eigenvalue weighted by molar-refractivity contribution is 5.15. The molecule has 3 aromatic heterocycles. The number of hydrogen-bond donors (Lipinski definition) is 0. The van der Waals surface area contributed by atoms with Gasteiger partial charge < -0.3 is 9.13 Å². The zero-order valence-electron chi connectivity index (χ0n) is 11.8. The van der Waals surface area contributed by atoms with E-state index >= 15 is 0 Å². The highest BCUT2D eigenvalue weighted by Crippen LogP contribution is 2.03. The minimum Gasteiger partial charge on any atom is -0.311 e. The van der Waals surface area contributed by atoms with Gasteiger partial charge in [0.25, 0.3) is 11.1 Å². The zero-order valence-corrected chi connectivity index (χ0v) is 11.8. The molecule has 0 spiro atoms. The van der Waals surface area contributed by atoms with E-state index in [0.717, 1.165) is 11.3 Å². The predicted molar refractivity (Wildman–Crippen MR) is 81.6 cm³/mol. The molecule has 0 atom stereocenters. The Morgan fingerprint density at radius 3 is 2.45 bits per heavy atom. The minimum atomic E-state index is -0.163. The third-order valence-electron chi connectivity index (χ3n) is 3.27. The van der Waals surface area contributed by atoms with Gasteiger partial charge in [-0.3, -0.25) is 19.6 Å². The summed E-state index contributed by atoms with van der Waals surface area (Å²) in [6, 6.07) is 8.83. The Bertz CT molecular complexity index is 807. The smallest absolute Gasteiger partial charge is 0.269 e. The Labute approximate surface area is 126 Å². The normalized spacial score (nSPS) is 10.5. The monoisotopic (exact) mass is 294 g/mol. The summed E-state index contributed by atoms with van der Waals surface area (Å²) in [7, 11) is 0. The van der Waals surface area contributed by atoms with E-state index in [-0.39, 0.29) is 11.1 Å². The molecule has 0 fully saturated rings. The van der Waals surface area contributed by atoms with Gasteiger partial charge in [-0.2, -0.15) is 0 Å². The van der Waals surface area contributed by atoms with Crippen LogP contribution in [0.25, 0.3) is 0 Å². The molecule has 0 aliphatic carbocycles. The van der Waals surface area contributed by atoms with Gasteiger partial charge in [0, 0.05) is 30.9 Å². The lowest BCUT2D eigenvalue weighted by molar-refractivity contribution is 0.721. The maximum absolute atomic E-state index is 11.7. The molecule has 3 heterocycles. The molecule has 0 N–H and O–H groups in total. The van der Waals surface area contributed by atoms with E-state index in [0.29, 0.717) is 13.1 Å². The Kier molecular flexibility index (Phi) is 3.91. The highest BCUT2D eigenvalue weighted by Gasteiger charge is 2.01. The van der Waals surface area contributed by atoms with Crippen LogP contribution in [0.1, 0.15) is 11.3 Å². The maximum Gasteiger partial charge on any atom is 0.269 e. The Morgan fingerprint density at radius 1 is 0.864 bits per heavy atom. The van der Waals surface area contributed by atoms with Crippen LogP contribution in [-0.4, -0.2) is 19.1 Å². The van der Waals surface area contributed by atoms with Gasteiger partial charge in [0.2, 0.25) is 0 Å². The summed E-state index contributed by atoms with van der Waals surface area (Å²) in [6.07, 6.45) is 7.93. The van der Waals surface area contributed by atoms with Gasteiger partial charge in [0.15, 0.2) is 0 Å². The second kappa shape index (κ2) is 6.17. The molecule has 0 saturated carbocycles. The van der Waals surface area contributed by atoms with Crippen molar-refractivity contribution in [3.8, 4) is 0 Å². The molecule has 110 valence electrons. The van der Waals surface area contributed by atoms with E-state index in [1.54, 1.807) is 35.4 Å². The molecule has 6 nitrogen and oxygen atoms in total. The van der Waals surface area contributed by atoms with Crippen molar-refractivity contribution < 1.29 is 0 Å². The number of hydrogen-bond acceptors (Lipinski definition) is 4. The molecule has 0 radical (unpaired) electrons. The molecule has 3 aromatic rings. The SMILES string of the molecule is O=c1ccccn1Cc1ccc(Cn2ccncc2=O)nc1. The molecule has 0 aliphatic rings. The third-order valence-corrected chi connectivity index (χ3v) is 3.27. The molecule has 22 heavy (non-hydrogen) atoms. The lowest BCUT2D eigenvalue weighted by Crippen LogP contribution is -2.20. The largest absolute Gasteiger partial charge is 0.311 e. The number of pyridine rings is 2. The number of aromatic nitrogens is 4. The fraction of sp³-hybridized carbons (Fsp3) is 0.125. The minimum absolute atomic E-state index is 0.0464. The van der Waals surface area contributed by atoms with Crippen LogP contribution in [0.15, 0.2) is 70.9 Å². The van der Waals surface area contributed by atoms with E-state index in [9.17, 15) is 9.59 Å². The van der Waals surface area contributed by atoms with Gasteiger partial charge in [0.1, 0.15) is 0 Å². The molecule has 0 amide bonds. The van der Waals surface area contributed by atoms with Crippen molar-refractivity contribution >= 4 is 0 Å². The average molecular weight is 294 g/mol. The lowest BCUT2D eigenvalue weighted by Gasteiger charge is -2.07. The fourth-order valence-electron chi connectivity index (χ4n) is 2.11. The Morgan fingerprint density at radius 2 is 1.73 bits per heavy atom. The number of nitrogens with zero attached hydrogens (tertiary/aromatic N) is 4. The van der Waals surface area contributed by atoms with E-state index in [2.05, 4.69) is 9.97 Å². The van der Waals surface area contributed by atoms with Crippen LogP contribution in [0.2, 0.25) is 0 Å². The van der Waals surface area contributed by atoms with Crippen molar-refractivity contribution in [1.82, 2.24) is 19.1 Å². The average Bonchev–Trinajstić information content (AvgIpc) is 2.54. The molecular weight excluding hydrogens is 280 g/mol. The molecule has 6 heteroatoms. The summed E-state index contributed by atoms with van der Waals surface area (Å²) in [5.74, 6) is 0. The molecular formula is C16H14N4O2. The summed E-state index contributed by atoms with van der Waals surface area (Å²) in [5, 5.41) is 0. The van der Waals surface area contributed by atoms with Crippen LogP contribution in [0.4, 0.5) is 0 Å². The van der Waals surface area contributed by atoms with E-state index in [1.165, 1.54) is 16.8 Å². The van der Waals surface area contributed by atoms with Gasteiger partial charge in [-0.05, 0) is 17.7 Å². The topological polar surface area (TPSA) is 69.8 Å². The molecule has 0 aromatic carbocycles. The first-order valence-electron chi connectivity index (χ1n) is 6.82. The van der Waals surface area contributed by atoms with Gasteiger partial charge >= 0.3 is 0 Å². The summed E-state index contributed by atoms with van der Waals surface area (Å²) < 4.78 is 3.15. The fourth-order valence-corrected chi connectivity index (χ4v) is 2.11. The molecule has 3 rings (SSSR count). The second-order valence-corrected chi connectivity index (χ2v) is 4.87. The molecule has 0 aliphatic heterocycles. The van der Waals surface area contributed by atoms with Crippen molar-refractivity contribution in [2.45, 2.75) is 13.1 Å². The van der Waals surface area contributed by atoms with Crippen LogP contribution >= 0.6 is 0 Å². The molecule has 0 saturated heterocycles. The Hall–Kier alpha value is -3.02. The van der Waals surface area contributed by atoms with Crippen molar-refractivity contribution in [3.05, 3.63) is 93.3 Å². The zero-order chi connectivity index (χ0) is 15.4. The highest BCUT2D eigenvalue weighted by atomic mass is 16.1. The van der Waals surface area contributed by atoms with Crippen LogP contribution in [-0.2, 0) is 13.1 Å². The summed E-state index contributed by atoms with van der Waals surface area (Å²) in [5.41, 5.74) is 1.50. The van der Waals surface area contributed by atoms with E-state index in [4.69, 9.17) is 0 Å². The summed E-state index contributed by atoms with van der Waals surface area (Å²) in [6.45, 7) is 0.870.